The summed E-state index contributed by atoms with van der Waals surface area (Å²) in [6.45, 7) is 0.520. The predicted octanol–water partition coefficient (Wildman–Crippen LogP) is 2.90. The van der Waals surface area contributed by atoms with Crippen molar-refractivity contribution in [2.45, 2.75) is 0 Å². The molecule has 0 radical (unpaired) electrons. The molecule has 0 unspecified atom stereocenters. The topological polar surface area (TPSA) is 92.1 Å². The normalized spacial score (nSPS) is 11.3. The lowest BCUT2D eigenvalue weighted by Crippen LogP contribution is -2.10. The van der Waals surface area contributed by atoms with Crippen molar-refractivity contribution in [3.63, 3.8) is 0 Å². The Morgan fingerprint density at radius 3 is 3.00 bits per heavy atom. The Morgan fingerprint density at radius 2 is 2.20 bits per heavy atom. The minimum Gasteiger partial charge on any atom is -0.395 e. The molecule has 7 nitrogen and oxygen atoms in total. The third kappa shape index (κ3) is 3.09. The number of nitrogens with one attached hydrogen (secondary N) is 2. The van der Waals surface area contributed by atoms with E-state index < -0.39 is 0 Å². The van der Waals surface area contributed by atoms with Crippen molar-refractivity contribution in [1.82, 2.24) is 14.8 Å². The lowest BCUT2D eigenvalue weighted by Gasteiger charge is -2.04. The molecule has 0 saturated heterocycles. The monoisotopic (exact) mass is 373 g/mol. The Kier molecular flexibility index (Phi) is 4.12. The van der Waals surface area contributed by atoms with Gasteiger partial charge in [0.2, 0.25) is 0 Å². The first kappa shape index (κ1) is 16.0. The van der Waals surface area contributed by atoms with Crippen LogP contribution in [-0.4, -0.2) is 38.9 Å². The number of thiazole rings is 1. The molecule has 3 aromatic heterocycles. The first-order chi connectivity index (χ1) is 12.1. The van der Waals surface area contributed by atoms with Gasteiger partial charge in [-0.25, -0.2) is 4.98 Å². The van der Waals surface area contributed by atoms with E-state index in [1.807, 2.05) is 31.3 Å². The highest BCUT2D eigenvalue weighted by Gasteiger charge is 2.14. The van der Waals surface area contributed by atoms with Crippen LogP contribution >= 0.6 is 22.7 Å². The summed E-state index contributed by atoms with van der Waals surface area (Å²) in [5.74, 6) is -0.151. The van der Waals surface area contributed by atoms with Crippen LogP contribution in [0.1, 0.15) is 9.67 Å². The van der Waals surface area contributed by atoms with Crippen LogP contribution in [0.3, 0.4) is 0 Å². The van der Waals surface area contributed by atoms with Gasteiger partial charge in [0, 0.05) is 24.7 Å². The molecule has 0 aliphatic heterocycles. The summed E-state index contributed by atoms with van der Waals surface area (Å²) in [7, 11) is 1.87. The first-order valence-corrected chi connectivity index (χ1v) is 9.25. The average Bonchev–Trinajstić information content (AvgIpc) is 3.26. The van der Waals surface area contributed by atoms with Crippen molar-refractivity contribution in [3.05, 3.63) is 35.3 Å². The lowest BCUT2D eigenvalue weighted by molar-refractivity contribution is 0.103. The number of thiophene rings is 1. The van der Waals surface area contributed by atoms with Gasteiger partial charge in [-0.1, -0.05) is 11.3 Å². The molecule has 4 rings (SSSR count). The van der Waals surface area contributed by atoms with Crippen LogP contribution in [0, 0.1) is 0 Å². The fourth-order valence-corrected chi connectivity index (χ4v) is 4.54. The number of aryl methyl sites for hydroxylation is 1. The van der Waals surface area contributed by atoms with Crippen molar-refractivity contribution in [2.24, 2.45) is 7.05 Å². The number of carbonyl (C=O) groups excluding carboxylic acids is 1. The van der Waals surface area contributed by atoms with E-state index in [1.54, 1.807) is 10.9 Å². The number of fused-ring (bicyclic) bond motifs is 2. The van der Waals surface area contributed by atoms with E-state index in [4.69, 9.17) is 5.11 Å². The molecule has 1 amide bonds. The number of anilines is 2. The molecule has 0 aliphatic rings. The number of aliphatic hydroxyl groups is 1. The minimum absolute atomic E-state index is 0.0574. The number of hydrogen-bond acceptors (Lipinski definition) is 7. The van der Waals surface area contributed by atoms with Crippen molar-refractivity contribution in [2.75, 3.05) is 23.8 Å². The third-order valence-corrected chi connectivity index (χ3v) is 5.83. The zero-order valence-corrected chi connectivity index (χ0v) is 14.9. The highest BCUT2D eigenvalue weighted by Crippen LogP contribution is 2.33. The molecule has 0 bridgehead atoms. The molecule has 1 aromatic carbocycles. The Balaban J connectivity index is 1.54. The SMILES string of the molecule is Cn1ncc2ccc(NC(=O)c3cc4sc(NCCO)nc4s3)cc21. The molecule has 4 aromatic rings. The number of nitrogens with zero attached hydrogens (tertiary/aromatic N) is 3. The number of rotatable bonds is 5. The van der Waals surface area contributed by atoms with Crippen LogP contribution in [-0.2, 0) is 7.05 Å². The maximum absolute atomic E-state index is 12.5. The van der Waals surface area contributed by atoms with Gasteiger partial charge in [-0.3, -0.25) is 9.48 Å². The second-order valence-electron chi connectivity index (χ2n) is 5.45. The number of aromatic nitrogens is 3. The summed E-state index contributed by atoms with van der Waals surface area (Å²) in [6, 6.07) is 7.56. The van der Waals surface area contributed by atoms with Crippen LogP contribution in [0.5, 0.6) is 0 Å². The highest BCUT2D eigenvalue weighted by molar-refractivity contribution is 7.29. The lowest BCUT2D eigenvalue weighted by atomic mass is 10.2. The zero-order chi connectivity index (χ0) is 17.4. The Morgan fingerprint density at radius 1 is 1.32 bits per heavy atom. The maximum atomic E-state index is 12.5. The van der Waals surface area contributed by atoms with Crippen molar-refractivity contribution in [3.8, 4) is 0 Å². The summed E-state index contributed by atoms with van der Waals surface area (Å²) < 4.78 is 2.73. The van der Waals surface area contributed by atoms with E-state index in [0.717, 1.165) is 31.3 Å². The summed E-state index contributed by atoms with van der Waals surface area (Å²) in [5, 5.41) is 20.8. The first-order valence-electron chi connectivity index (χ1n) is 7.62. The van der Waals surface area contributed by atoms with Gasteiger partial charge >= 0.3 is 0 Å². The molecule has 0 spiro atoms. The van der Waals surface area contributed by atoms with Crippen LogP contribution in [0.2, 0.25) is 0 Å². The van der Waals surface area contributed by atoms with E-state index in [0.29, 0.717) is 11.4 Å². The molecule has 128 valence electrons. The van der Waals surface area contributed by atoms with Gasteiger partial charge in [-0.15, -0.1) is 11.3 Å². The van der Waals surface area contributed by atoms with E-state index in [1.165, 1.54) is 22.7 Å². The summed E-state index contributed by atoms with van der Waals surface area (Å²) >= 11 is 2.83. The van der Waals surface area contributed by atoms with Gasteiger partial charge in [0.1, 0.15) is 4.83 Å². The maximum Gasteiger partial charge on any atom is 0.265 e. The molecule has 0 fully saturated rings. The highest BCUT2D eigenvalue weighted by atomic mass is 32.1. The van der Waals surface area contributed by atoms with E-state index >= 15 is 0 Å². The molecule has 9 heteroatoms. The smallest absolute Gasteiger partial charge is 0.265 e. The number of carbonyl (C=O) groups is 1. The standard InChI is InChI=1S/C16H15N5O2S2/c1-21-11-6-10(3-2-9(11)8-18-21)19-14(23)12-7-13-15(24-12)20-16(25-13)17-4-5-22/h2-3,6-8,22H,4-5H2,1H3,(H,17,20)(H,19,23). The summed E-state index contributed by atoms with van der Waals surface area (Å²) in [4.78, 5) is 18.4. The van der Waals surface area contributed by atoms with Crippen LogP contribution in [0.15, 0.2) is 30.5 Å². The molecule has 3 N–H and O–H groups in total. The van der Waals surface area contributed by atoms with E-state index in [9.17, 15) is 4.79 Å². The van der Waals surface area contributed by atoms with Crippen molar-refractivity contribution >= 4 is 59.8 Å². The van der Waals surface area contributed by atoms with Crippen LogP contribution < -0.4 is 10.6 Å². The second kappa shape index (κ2) is 6.43. The Labute approximate surface area is 150 Å². The summed E-state index contributed by atoms with van der Waals surface area (Å²) in [5.41, 5.74) is 1.70. The van der Waals surface area contributed by atoms with Crippen LogP contribution in [0.25, 0.3) is 20.4 Å². The molecular weight excluding hydrogens is 358 g/mol. The Hall–Kier alpha value is -2.49. The number of aliphatic hydroxyl groups excluding tert-OH is 1. The van der Waals surface area contributed by atoms with Crippen molar-refractivity contribution < 1.29 is 9.90 Å². The predicted molar refractivity (Wildman–Crippen MR) is 102 cm³/mol. The van der Waals surface area contributed by atoms with Gasteiger partial charge in [0.05, 0.1) is 27.9 Å². The van der Waals surface area contributed by atoms with Gasteiger partial charge < -0.3 is 15.7 Å². The molecule has 0 saturated carbocycles. The largest absolute Gasteiger partial charge is 0.395 e. The average molecular weight is 373 g/mol. The zero-order valence-electron chi connectivity index (χ0n) is 13.3. The fourth-order valence-electron chi connectivity index (χ4n) is 2.50. The number of benzene rings is 1. The second-order valence-corrected chi connectivity index (χ2v) is 7.51. The number of hydrogen-bond donors (Lipinski definition) is 3. The van der Waals surface area contributed by atoms with E-state index in [2.05, 4.69) is 20.7 Å². The molecule has 0 atom stereocenters. The van der Waals surface area contributed by atoms with Crippen LogP contribution in [0.4, 0.5) is 10.8 Å². The van der Waals surface area contributed by atoms with Gasteiger partial charge in [-0.05, 0) is 24.3 Å². The van der Waals surface area contributed by atoms with Gasteiger partial charge in [0.25, 0.3) is 5.91 Å². The quantitative estimate of drug-likeness (QED) is 0.500. The molecule has 3 heterocycles. The minimum atomic E-state index is -0.151. The van der Waals surface area contributed by atoms with Crippen molar-refractivity contribution in [1.29, 1.82) is 0 Å². The molecule has 0 aliphatic carbocycles. The van der Waals surface area contributed by atoms with Gasteiger partial charge in [0.15, 0.2) is 5.13 Å². The number of amides is 1. The molecule has 25 heavy (non-hydrogen) atoms. The van der Waals surface area contributed by atoms with Gasteiger partial charge in [-0.2, -0.15) is 5.10 Å². The third-order valence-electron chi connectivity index (χ3n) is 3.71. The summed E-state index contributed by atoms with van der Waals surface area (Å²) in [6.07, 6.45) is 1.79. The van der Waals surface area contributed by atoms with E-state index in [-0.39, 0.29) is 12.5 Å². The Bertz CT molecular complexity index is 1030. The fraction of sp³-hybridized carbons (Fsp3) is 0.188. The molecular formula is C16H15N5O2S2.